The number of nitrogens with zero attached hydrogens (tertiary/aromatic N) is 3. The molecule has 0 aliphatic rings. The van der Waals surface area contributed by atoms with Gasteiger partial charge in [-0.2, -0.15) is 5.26 Å². The van der Waals surface area contributed by atoms with Gasteiger partial charge < -0.3 is 11.1 Å². The lowest BCUT2D eigenvalue weighted by Gasteiger charge is -2.17. The van der Waals surface area contributed by atoms with Crippen molar-refractivity contribution >= 4 is 11.5 Å². The largest absolute Gasteiger partial charge is 0.365 e. The van der Waals surface area contributed by atoms with Crippen LogP contribution >= 0.6 is 0 Å². The number of anilines is 1. The SMILES string of the molecule is CCCCC(CN)Nc1ncc([N+](=O)[O-])cc1C#N. The first-order valence-electron chi connectivity index (χ1n) is 6.13. The van der Waals surface area contributed by atoms with Crippen molar-refractivity contribution in [3.63, 3.8) is 0 Å². The highest BCUT2D eigenvalue weighted by molar-refractivity contribution is 5.56. The van der Waals surface area contributed by atoms with Crippen molar-refractivity contribution in [1.82, 2.24) is 4.98 Å². The highest BCUT2D eigenvalue weighted by Crippen LogP contribution is 2.19. The summed E-state index contributed by atoms with van der Waals surface area (Å²) in [5.41, 5.74) is 5.61. The highest BCUT2D eigenvalue weighted by atomic mass is 16.6. The molecule has 0 saturated carbocycles. The molecule has 3 N–H and O–H groups in total. The zero-order valence-corrected chi connectivity index (χ0v) is 10.8. The maximum absolute atomic E-state index is 10.6. The minimum absolute atomic E-state index is 0.0148. The lowest BCUT2D eigenvalue weighted by molar-refractivity contribution is -0.385. The number of nitrogens with one attached hydrogen (secondary N) is 1. The van der Waals surface area contributed by atoms with Crippen LogP contribution in [0, 0.1) is 21.4 Å². The Kier molecular flexibility index (Phi) is 5.70. The molecular weight excluding hydrogens is 246 g/mol. The monoisotopic (exact) mass is 263 g/mol. The van der Waals surface area contributed by atoms with Gasteiger partial charge in [-0.25, -0.2) is 4.98 Å². The van der Waals surface area contributed by atoms with E-state index in [9.17, 15) is 10.1 Å². The summed E-state index contributed by atoms with van der Waals surface area (Å²) in [6.07, 6.45) is 4.08. The third-order valence-electron chi connectivity index (χ3n) is 2.74. The second kappa shape index (κ2) is 7.28. The molecule has 1 heterocycles. The zero-order chi connectivity index (χ0) is 14.3. The van der Waals surface area contributed by atoms with Crippen LogP contribution in [0.2, 0.25) is 0 Å². The van der Waals surface area contributed by atoms with E-state index in [1.165, 1.54) is 6.07 Å². The number of rotatable bonds is 7. The fourth-order valence-corrected chi connectivity index (χ4v) is 1.65. The number of nitriles is 1. The van der Waals surface area contributed by atoms with Crippen LogP contribution < -0.4 is 11.1 Å². The normalized spacial score (nSPS) is 11.6. The van der Waals surface area contributed by atoms with Crippen molar-refractivity contribution in [1.29, 1.82) is 5.26 Å². The second-order valence-electron chi connectivity index (χ2n) is 4.18. The van der Waals surface area contributed by atoms with E-state index in [-0.39, 0.29) is 17.3 Å². The van der Waals surface area contributed by atoms with Crippen LogP contribution in [-0.4, -0.2) is 22.5 Å². The molecular formula is C12H17N5O2. The number of nitrogens with two attached hydrogens (primary N) is 1. The molecule has 1 aromatic rings. The van der Waals surface area contributed by atoms with E-state index in [1.54, 1.807) is 0 Å². The van der Waals surface area contributed by atoms with Gasteiger partial charge in [-0.05, 0) is 6.42 Å². The van der Waals surface area contributed by atoms with Gasteiger partial charge in [-0.15, -0.1) is 0 Å². The van der Waals surface area contributed by atoms with Crippen molar-refractivity contribution in [2.45, 2.75) is 32.2 Å². The molecule has 0 amide bonds. The Morgan fingerprint density at radius 2 is 2.42 bits per heavy atom. The summed E-state index contributed by atoms with van der Waals surface area (Å²) < 4.78 is 0. The van der Waals surface area contributed by atoms with Crippen LogP contribution in [0.25, 0.3) is 0 Å². The Morgan fingerprint density at radius 1 is 1.68 bits per heavy atom. The Balaban J connectivity index is 2.88. The van der Waals surface area contributed by atoms with Gasteiger partial charge in [0, 0.05) is 18.7 Å². The standard InChI is InChI=1S/C12H17N5O2/c1-2-3-4-10(7-14)16-12-9(6-13)5-11(8-15-12)17(18)19/h5,8,10H,2-4,7,14H2,1H3,(H,15,16). The van der Waals surface area contributed by atoms with Crippen molar-refractivity contribution < 1.29 is 4.92 Å². The minimum Gasteiger partial charge on any atom is -0.365 e. The van der Waals surface area contributed by atoms with Gasteiger partial charge in [-0.1, -0.05) is 19.8 Å². The van der Waals surface area contributed by atoms with E-state index in [0.717, 1.165) is 25.5 Å². The molecule has 7 nitrogen and oxygen atoms in total. The first-order chi connectivity index (χ1) is 9.12. The van der Waals surface area contributed by atoms with Crippen LogP contribution in [0.1, 0.15) is 31.7 Å². The fourth-order valence-electron chi connectivity index (χ4n) is 1.65. The summed E-state index contributed by atoms with van der Waals surface area (Å²) in [5, 5.41) is 22.7. The predicted octanol–water partition coefficient (Wildman–Crippen LogP) is 1.79. The van der Waals surface area contributed by atoms with Gasteiger partial charge in [0.25, 0.3) is 5.69 Å². The third-order valence-corrected chi connectivity index (χ3v) is 2.74. The Bertz CT molecular complexity index is 483. The summed E-state index contributed by atoms with van der Waals surface area (Å²) in [6.45, 7) is 2.50. The highest BCUT2D eigenvalue weighted by Gasteiger charge is 2.14. The maximum atomic E-state index is 10.6. The van der Waals surface area contributed by atoms with Gasteiger partial charge in [0.15, 0.2) is 0 Å². The van der Waals surface area contributed by atoms with E-state index in [1.807, 2.05) is 6.07 Å². The Hall–Kier alpha value is -2.20. The number of hydrogen-bond acceptors (Lipinski definition) is 6. The van der Waals surface area contributed by atoms with Gasteiger partial charge in [0.05, 0.1) is 4.92 Å². The van der Waals surface area contributed by atoms with Crippen LogP contribution in [0.5, 0.6) is 0 Å². The summed E-state index contributed by atoms with van der Waals surface area (Å²) in [4.78, 5) is 14.0. The molecule has 0 aliphatic heterocycles. The van der Waals surface area contributed by atoms with Crippen LogP contribution in [-0.2, 0) is 0 Å². The molecule has 0 saturated heterocycles. The Labute approximate surface area is 111 Å². The van der Waals surface area contributed by atoms with E-state index in [4.69, 9.17) is 11.0 Å². The average molecular weight is 263 g/mol. The molecule has 0 fully saturated rings. The fraction of sp³-hybridized carbons (Fsp3) is 0.500. The summed E-state index contributed by atoms with van der Waals surface area (Å²) in [6, 6.07) is 3.13. The van der Waals surface area contributed by atoms with Gasteiger partial charge in [-0.3, -0.25) is 10.1 Å². The van der Waals surface area contributed by atoms with E-state index in [0.29, 0.717) is 12.4 Å². The zero-order valence-electron chi connectivity index (χ0n) is 10.8. The van der Waals surface area contributed by atoms with Crippen molar-refractivity contribution in [3.05, 3.63) is 27.9 Å². The summed E-state index contributed by atoms with van der Waals surface area (Å²) in [5.74, 6) is 0.347. The molecule has 1 rings (SSSR count). The van der Waals surface area contributed by atoms with Gasteiger partial charge in [0.1, 0.15) is 23.6 Å². The Morgan fingerprint density at radius 3 is 2.95 bits per heavy atom. The van der Waals surface area contributed by atoms with Crippen LogP contribution in [0.15, 0.2) is 12.3 Å². The van der Waals surface area contributed by atoms with Crippen LogP contribution in [0.3, 0.4) is 0 Å². The number of nitro groups is 1. The van der Waals surface area contributed by atoms with E-state index < -0.39 is 4.92 Å². The maximum Gasteiger partial charge on any atom is 0.289 e. The number of hydrogen-bond donors (Lipinski definition) is 2. The van der Waals surface area contributed by atoms with Gasteiger partial charge >= 0.3 is 0 Å². The van der Waals surface area contributed by atoms with E-state index >= 15 is 0 Å². The topological polar surface area (TPSA) is 118 Å². The van der Waals surface area contributed by atoms with Gasteiger partial charge in [0.2, 0.25) is 0 Å². The molecule has 19 heavy (non-hydrogen) atoms. The molecule has 1 aromatic heterocycles. The number of aromatic nitrogens is 1. The predicted molar refractivity (Wildman–Crippen MR) is 71.6 cm³/mol. The third kappa shape index (κ3) is 4.19. The lowest BCUT2D eigenvalue weighted by atomic mass is 10.1. The second-order valence-corrected chi connectivity index (χ2v) is 4.18. The number of pyridine rings is 1. The van der Waals surface area contributed by atoms with Crippen molar-refractivity contribution in [3.8, 4) is 6.07 Å². The molecule has 1 atom stereocenters. The quantitative estimate of drug-likeness (QED) is 0.572. The molecule has 7 heteroatoms. The molecule has 1 unspecified atom stereocenters. The number of unbranched alkanes of at least 4 members (excludes halogenated alkanes) is 1. The van der Waals surface area contributed by atoms with Crippen molar-refractivity contribution in [2.24, 2.45) is 5.73 Å². The summed E-state index contributed by atoms with van der Waals surface area (Å²) >= 11 is 0. The average Bonchev–Trinajstić information content (AvgIpc) is 2.43. The molecule has 0 radical (unpaired) electrons. The smallest absolute Gasteiger partial charge is 0.289 e. The molecule has 0 spiro atoms. The summed E-state index contributed by atoms with van der Waals surface area (Å²) in [7, 11) is 0. The van der Waals surface area contributed by atoms with Crippen LogP contribution in [0.4, 0.5) is 11.5 Å². The molecule has 102 valence electrons. The minimum atomic E-state index is -0.574. The first kappa shape index (κ1) is 14.9. The first-order valence-corrected chi connectivity index (χ1v) is 6.13. The van der Waals surface area contributed by atoms with E-state index in [2.05, 4.69) is 17.2 Å². The molecule has 0 aromatic carbocycles. The molecule has 0 bridgehead atoms. The van der Waals surface area contributed by atoms with Crippen molar-refractivity contribution in [2.75, 3.05) is 11.9 Å². The lowest BCUT2D eigenvalue weighted by Crippen LogP contribution is -2.29. The molecule has 0 aliphatic carbocycles.